The van der Waals surface area contributed by atoms with Crippen LogP contribution in [0, 0.1) is 6.92 Å². The van der Waals surface area contributed by atoms with Crippen molar-refractivity contribution in [3.05, 3.63) is 53.9 Å². The molecule has 1 saturated heterocycles. The Balaban J connectivity index is 0.00000320. The average Bonchev–Trinajstić information content (AvgIpc) is 2.76. The molecule has 0 atom stereocenters. The number of halogens is 1. The largest absolute Gasteiger partial charge is 0.356 e. The SMILES string of the molecule is CN=C(NCCCN1CCN(c2ncccn2)CC1)N(C)Cc1ccc(C)cc1.I. The summed E-state index contributed by atoms with van der Waals surface area (Å²) >= 11 is 0. The summed E-state index contributed by atoms with van der Waals surface area (Å²) in [5.74, 6) is 1.78. The molecule has 1 aliphatic rings. The van der Waals surface area contributed by atoms with E-state index in [-0.39, 0.29) is 24.0 Å². The molecule has 0 spiro atoms. The van der Waals surface area contributed by atoms with Crippen molar-refractivity contribution in [3.8, 4) is 0 Å². The normalized spacial score (nSPS) is 14.9. The minimum atomic E-state index is 0. The smallest absolute Gasteiger partial charge is 0.225 e. The van der Waals surface area contributed by atoms with Gasteiger partial charge in [0.25, 0.3) is 0 Å². The van der Waals surface area contributed by atoms with Crippen molar-refractivity contribution in [1.29, 1.82) is 0 Å². The molecule has 1 aliphatic heterocycles. The standard InChI is InChI=1S/C22H33N7.HI/c1-19-6-8-20(9-7-19)18-27(3)21(23-2)24-12-5-13-28-14-16-29(17-15-28)22-25-10-4-11-26-22;/h4,6-11H,5,12-18H2,1-3H3,(H,23,24);1H. The van der Waals surface area contributed by atoms with Gasteiger partial charge in [-0.05, 0) is 31.5 Å². The van der Waals surface area contributed by atoms with E-state index < -0.39 is 0 Å². The molecule has 2 aromatic rings. The molecule has 1 aromatic heterocycles. The highest BCUT2D eigenvalue weighted by Gasteiger charge is 2.18. The molecule has 1 fully saturated rings. The van der Waals surface area contributed by atoms with Gasteiger partial charge in [0.15, 0.2) is 5.96 Å². The quantitative estimate of drug-likeness (QED) is 0.261. The first kappa shape index (κ1) is 24.3. The second kappa shape index (κ2) is 12.7. The maximum absolute atomic E-state index is 4.43. The zero-order chi connectivity index (χ0) is 20.5. The number of hydrogen-bond donors (Lipinski definition) is 1. The highest BCUT2D eigenvalue weighted by Crippen LogP contribution is 2.10. The van der Waals surface area contributed by atoms with E-state index in [1.54, 1.807) is 0 Å². The van der Waals surface area contributed by atoms with E-state index in [0.29, 0.717) is 0 Å². The van der Waals surface area contributed by atoms with Crippen molar-refractivity contribution in [3.63, 3.8) is 0 Å². The van der Waals surface area contributed by atoms with Gasteiger partial charge in [0, 0.05) is 65.8 Å². The Bertz CT molecular complexity index is 759. The lowest BCUT2D eigenvalue weighted by atomic mass is 10.1. The van der Waals surface area contributed by atoms with Crippen LogP contribution in [0.25, 0.3) is 0 Å². The average molecular weight is 523 g/mol. The van der Waals surface area contributed by atoms with Crippen LogP contribution in [0.2, 0.25) is 0 Å². The van der Waals surface area contributed by atoms with Crippen LogP contribution in [0.5, 0.6) is 0 Å². The van der Waals surface area contributed by atoms with Gasteiger partial charge in [-0.15, -0.1) is 24.0 Å². The van der Waals surface area contributed by atoms with Crippen LogP contribution in [0.1, 0.15) is 17.5 Å². The van der Waals surface area contributed by atoms with Crippen molar-refractivity contribution >= 4 is 35.9 Å². The van der Waals surface area contributed by atoms with Crippen molar-refractivity contribution in [2.75, 3.05) is 58.3 Å². The lowest BCUT2D eigenvalue weighted by Gasteiger charge is -2.34. The van der Waals surface area contributed by atoms with Crippen molar-refractivity contribution in [1.82, 2.24) is 25.1 Å². The number of aromatic nitrogens is 2. The molecule has 2 heterocycles. The number of aliphatic imine (C=N–C) groups is 1. The summed E-state index contributed by atoms with van der Waals surface area (Å²) in [5, 5.41) is 3.49. The fraction of sp³-hybridized carbons (Fsp3) is 0.500. The van der Waals surface area contributed by atoms with Gasteiger partial charge in [0.05, 0.1) is 0 Å². The molecule has 3 rings (SSSR count). The van der Waals surface area contributed by atoms with Gasteiger partial charge in [-0.3, -0.25) is 9.89 Å². The summed E-state index contributed by atoms with van der Waals surface area (Å²) in [6.45, 7) is 9.06. The molecule has 0 amide bonds. The predicted octanol–water partition coefficient (Wildman–Crippen LogP) is 2.62. The lowest BCUT2D eigenvalue weighted by molar-refractivity contribution is 0.254. The molecule has 0 bridgehead atoms. The van der Waals surface area contributed by atoms with E-state index in [9.17, 15) is 0 Å². The van der Waals surface area contributed by atoms with Crippen LogP contribution in [-0.4, -0.2) is 79.1 Å². The number of guanidine groups is 1. The van der Waals surface area contributed by atoms with Gasteiger partial charge in [0.2, 0.25) is 5.95 Å². The number of benzene rings is 1. The van der Waals surface area contributed by atoms with E-state index in [1.807, 2.05) is 25.5 Å². The molecular weight excluding hydrogens is 489 g/mol. The third-order valence-corrected chi connectivity index (χ3v) is 5.26. The molecule has 30 heavy (non-hydrogen) atoms. The van der Waals surface area contributed by atoms with Crippen LogP contribution in [0.4, 0.5) is 5.95 Å². The summed E-state index contributed by atoms with van der Waals surface area (Å²) in [7, 11) is 3.93. The fourth-order valence-corrected chi connectivity index (χ4v) is 3.56. The Kier molecular flexibility index (Phi) is 10.3. The number of rotatable bonds is 7. The Morgan fingerprint density at radius 2 is 1.77 bits per heavy atom. The van der Waals surface area contributed by atoms with Gasteiger partial charge < -0.3 is 15.1 Å². The molecule has 0 aliphatic carbocycles. The van der Waals surface area contributed by atoms with E-state index in [1.165, 1.54) is 11.1 Å². The Hall–Kier alpha value is -1.94. The van der Waals surface area contributed by atoms with Crippen LogP contribution in [0.15, 0.2) is 47.7 Å². The summed E-state index contributed by atoms with van der Waals surface area (Å²) in [4.78, 5) is 20.1. The van der Waals surface area contributed by atoms with Crippen molar-refractivity contribution < 1.29 is 0 Å². The third kappa shape index (κ3) is 7.39. The number of aryl methyl sites for hydroxylation is 1. The number of nitrogens with zero attached hydrogens (tertiary/aromatic N) is 6. The van der Waals surface area contributed by atoms with Gasteiger partial charge in [-0.2, -0.15) is 0 Å². The topological polar surface area (TPSA) is 59.9 Å². The molecule has 0 unspecified atom stereocenters. The molecule has 0 saturated carbocycles. The molecule has 0 radical (unpaired) electrons. The van der Waals surface area contributed by atoms with Crippen LogP contribution < -0.4 is 10.2 Å². The van der Waals surface area contributed by atoms with Crippen LogP contribution >= 0.6 is 24.0 Å². The highest BCUT2D eigenvalue weighted by atomic mass is 127. The van der Waals surface area contributed by atoms with Crippen LogP contribution in [0.3, 0.4) is 0 Å². The molecule has 1 N–H and O–H groups in total. The monoisotopic (exact) mass is 523 g/mol. The summed E-state index contributed by atoms with van der Waals surface area (Å²) in [5.41, 5.74) is 2.58. The minimum Gasteiger partial charge on any atom is -0.356 e. The predicted molar refractivity (Wildman–Crippen MR) is 135 cm³/mol. The van der Waals surface area contributed by atoms with E-state index in [4.69, 9.17) is 0 Å². The zero-order valence-corrected chi connectivity index (χ0v) is 20.6. The van der Waals surface area contributed by atoms with Gasteiger partial charge in [-0.1, -0.05) is 29.8 Å². The van der Waals surface area contributed by atoms with E-state index >= 15 is 0 Å². The second-order valence-electron chi connectivity index (χ2n) is 7.55. The summed E-state index contributed by atoms with van der Waals surface area (Å²) in [6.07, 6.45) is 4.71. The van der Waals surface area contributed by atoms with E-state index in [2.05, 4.69) is 73.2 Å². The first-order valence-corrected chi connectivity index (χ1v) is 10.4. The first-order chi connectivity index (χ1) is 14.2. The zero-order valence-electron chi connectivity index (χ0n) is 18.3. The Labute approximate surface area is 197 Å². The molecular formula is C22H34IN7. The number of piperazine rings is 1. The van der Waals surface area contributed by atoms with Gasteiger partial charge in [0.1, 0.15) is 0 Å². The number of hydrogen-bond acceptors (Lipinski definition) is 5. The Morgan fingerprint density at radius 3 is 2.40 bits per heavy atom. The van der Waals surface area contributed by atoms with Gasteiger partial charge >= 0.3 is 0 Å². The van der Waals surface area contributed by atoms with Crippen LogP contribution in [-0.2, 0) is 6.54 Å². The molecule has 7 nitrogen and oxygen atoms in total. The number of nitrogens with one attached hydrogen (secondary N) is 1. The van der Waals surface area contributed by atoms with E-state index in [0.717, 1.165) is 64.1 Å². The number of anilines is 1. The van der Waals surface area contributed by atoms with Crippen molar-refractivity contribution in [2.24, 2.45) is 4.99 Å². The maximum atomic E-state index is 4.43. The molecule has 164 valence electrons. The third-order valence-electron chi connectivity index (χ3n) is 5.26. The maximum Gasteiger partial charge on any atom is 0.225 e. The molecule has 8 heteroatoms. The minimum absolute atomic E-state index is 0. The summed E-state index contributed by atoms with van der Waals surface area (Å²) in [6, 6.07) is 10.5. The Morgan fingerprint density at radius 1 is 1.10 bits per heavy atom. The first-order valence-electron chi connectivity index (χ1n) is 10.4. The fourth-order valence-electron chi connectivity index (χ4n) is 3.56. The second-order valence-corrected chi connectivity index (χ2v) is 7.55. The molecule has 1 aromatic carbocycles. The summed E-state index contributed by atoms with van der Waals surface area (Å²) < 4.78 is 0. The van der Waals surface area contributed by atoms with Crippen molar-refractivity contribution in [2.45, 2.75) is 19.9 Å². The van der Waals surface area contributed by atoms with Gasteiger partial charge in [-0.25, -0.2) is 9.97 Å². The lowest BCUT2D eigenvalue weighted by Crippen LogP contribution is -2.47. The highest BCUT2D eigenvalue weighted by molar-refractivity contribution is 14.0.